The lowest BCUT2D eigenvalue weighted by Crippen LogP contribution is -2.47. The number of halogens is 3. The zero-order valence-electron chi connectivity index (χ0n) is 15.9. The van der Waals surface area contributed by atoms with Crippen molar-refractivity contribution in [1.82, 2.24) is 14.7 Å². The van der Waals surface area contributed by atoms with Gasteiger partial charge >= 0.3 is 6.18 Å². The number of benzene rings is 1. The minimum Gasteiger partial charge on any atom is -0.340 e. The fourth-order valence-electron chi connectivity index (χ4n) is 3.46. The van der Waals surface area contributed by atoms with Gasteiger partial charge in [-0.05, 0) is 31.7 Å². The SMILES string of the molecule is CC1SC(c2cccc(C(F)(F)F)c2)N(CCC(=O)N2CCN(C)CC2)C1=O. The fourth-order valence-corrected chi connectivity index (χ4v) is 4.76. The quantitative estimate of drug-likeness (QED) is 0.759. The molecule has 2 unspecified atom stereocenters. The minimum atomic E-state index is -4.43. The first-order valence-electron chi connectivity index (χ1n) is 9.26. The van der Waals surface area contributed by atoms with Crippen molar-refractivity contribution in [3.05, 3.63) is 35.4 Å². The van der Waals surface area contributed by atoms with Crippen molar-refractivity contribution < 1.29 is 22.8 Å². The normalized spacial score (nSPS) is 24.1. The van der Waals surface area contributed by atoms with Crippen molar-refractivity contribution in [2.45, 2.75) is 30.1 Å². The molecule has 1 aromatic carbocycles. The van der Waals surface area contributed by atoms with Gasteiger partial charge in [0.15, 0.2) is 0 Å². The van der Waals surface area contributed by atoms with E-state index in [1.165, 1.54) is 17.8 Å². The Morgan fingerprint density at radius 2 is 1.89 bits per heavy atom. The number of hydrogen-bond donors (Lipinski definition) is 0. The van der Waals surface area contributed by atoms with E-state index in [9.17, 15) is 22.8 Å². The molecule has 0 aliphatic carbocycles. The largest absolute Gasteiger partial charge is 0.416 e. The number of amides is 2. The molecule has 0 spiro atoms. The predicted octanol–water partition coefficient (Wildman–Crippen LogP) is 2.83. The van der Waals surface area contributed by atoms with Gasteiger partial charge < -0.3 is 14.7 Å². The lowest BCUT2D eigenvalue weighted by atomic mass is 10.1. The van der Waals surface area contributed by atoms with Gasteiger partial charge in [0.2, 0.25) is 11.8 Å². The van der Waals surface area contributed by atoms with Gasteiger partial charge in [-0.25, -0.2) is 0 Å². The summed E-state index contributed by atoms with van der Waals surface area (Å²) in [5.41, 5.74) is -0.296. The van der Waals surface area contributed by atoms with Crippen molar-refractivity contribution in [3.8, 4) is 0 Å². The second-order valence-electron chi connectivity index (χ2n) is 7.22. The van der Waals surface area contributed by atoms with Gasteiger partial charge in [0.25, 0.3) is 0 Å². The topological polar surface area (TPSA) is 43.9 Å². The number of carbonyl (C=O) groups excluding carboxylic acids is 2. The molecular formula is C19H24F3N3O2S. The van der Waals surface area contributed by atoms with Gasteiger partial charge in [-0.3, -0.25) is 9.59 Å². The highest BCUT2D eigenvalue weighted by molar-refractivity contribution is 8.01. The second kappa shape index (κ2) is 8.32. The lowest BCUT2D eigenvalue weighted by molar-refractivity contribution is -0.137. The second-order valence-corrected chi connectivity index (χ2v) is 8.65. The van der Waals surface area contributed by atoms with E-state index in [4.69, 9.17) is 0 Å². The molecule has 0 saturated carbocycles. The van der Waals surface area contributed by atoms with Gasteiger partial charge in [-0.15, -0.1) is 11.8 Å². The monoisotopic (exact) mass is 415 g/mol. The van der Waals surface area contributed by atoms with Crippen LogP contribution in [0.1, 0.15) is 29.8 Å². The molecule has 2 atom stereocenters. The van der Waals surface area contributed by atoms with Crippen molar-refractivity contribution in [2.24, 2.45) is 0 Å². The maximum atomic E-state index is 13.1. The van der Waals surface area contributed by atoms with Crippen LogP contribution in [0.2, 0.25) is 0 Å². The van der Waals surface area contributed by atoms with Crippen LogP contribution in [-0.2, 0) is 15.8 Å². The van der Waals surface area contributed by atoms with E-state index in [1.54, 1.807) is 22.8 Å². The first-order chi connectivity index (χ1) is 13.2. The molecule has 2 amide bonds. The van der Waals surface area contributed by atoms with Crippen LogP contribution in [0, 0.1) is 0 Å². The number of piperazine rings is 1. The summed E-state index contributed by atoms with van der Waals surface area (Å²) in [6.45, 7) is 4.90. The van der Waals surface area contributed by atoms with Crippen LogP contribution in [0.4, 0.5) is 13.2 Å². The summed E-state index contributed by atoms with van der Waals surface area (Å²) in [6, 6.07) is 5.08. The summed E-state index contributed by atoms with van der Waals surface area (Å²) in [5.74, 6) is -0.160. The van der Waals surface area contributed by atoms with E-state index >= 15 is 0 Å². The molecule has 0 N–H and O–H groups in total. The third-order valence-electron chi connectivity index (χ3n) is 5.17. The average Bonchev–Trinajstić information content (AvgIpc) is 2.94. The van der Waals surface area contributed by atoms with Gasteiger partial charge in [0, 0.05) is 39.1 Å². The van der Waals surface area contributed by atoms with E-state index in [2.05, 4.69) is 4.90 Å². The molecule has 2 saturated heterocycles. The predicted molar refractivity (Wildman–Crippen MR) is 102 cm³/mol. The van der Waals surface area contributed by atoms with Crippen LogP contribution in [0.5, 0.6) is 0 Å². The molecule has 9 heteroatoms. The number of nitrogens with zero attached hydrogens (tertiary/aromatic N) is 3. The maximum absolute atomic E-state index is 13.1. The summed E-state index contributed by atoms with van der Waals surface area (Å²) >= 11 is 1.32. The highest BCUT2D eigenvalue weighted by atomic mass is 32.2. The zero-order chi connectivity index (χ0) is 20.5. The maximum Gasteiger partial charge on any atom is 0.416 e. The molecule has 2 heterocycles. The van der Waals surface area contributed by atoms with E-state index in [1.807, 2.05) is 7.05 Å². The van der Waals surface area contributed by atoms with Gasteiger partial charge in [0.1, 0.15) is 5.37 Å². The van der Waals surface area contributed by atoms with E-state index in [0.717, 1.165) is 25.2 Å². The molecule has 5 nitrogen and oxygen atoms in total. The summed E-state index contributed by atoms with van der Waals surface area (Å²) in [4.78, 5) is 30.5. The van der Waals surface area contributed by atoms with Crippen LogP contribution in [0.3, 0.4) is 0 Å². The number of thioether (sulfide) groups is 1. The fraction of sp³-hybridized carbons (Fsp3) is 0.579. The molecule has 3 rings (SSSR count). The Kier molecular flexibility index (Phi) is 6.24. The Labute approximate surface area is 166 Å². The highest BCUT2D eigenvalue weighted by Crippen LogP contribution is 2.44. The van der Waals surface area contributed by atoms with E-state index < -0.39 is 17.1 Å². The molecule has 2 aliphatic rings. The van der Waals surface area contributed by atoms with Crippen LogP contribution in [0.15, 0.2) is 24.3 Å². The Hall–Kier alpha value is -1.74. The first kappa shape index (κ1) is 21.0. The number of likely N-dealkylation sites (N-methyl/N-ethyl adjacent to an activating group) is 1. The minimum absolute atomic E-state index is 0.0201. The van der Waals surface area contributed by atoms with E-state index in [0.29, 0.717) is 18.7 Å². The van der Waals surface area contributed by atoms with E-state index in [-0.39, 0.29) is 30.0 Å². The smallest absolute Gasteiger partial charge is 0.340 e. The highest BCUT2D eigenvalue weighted by Gasteiger charge is 2.40. The number of carbonyl (C=O) groups is 2. The van der Waals surface area contributed by atoms with Gasteiger partial charge in [-0.1, -0.05) is 12.1 Å². The molecule has 2 aliphatic heterocycles. The summed E-state index contributed by atoms with van der Waals surface area (Å²) in [5, 5.41) is -0.858. The molecular weight excluding hydrogens is 391 g/mol. The van der Waals surface area contributed by atoms with Crippen molar-refractivity contribution in [1.29, 1.82) is 0 Å². The summed E-state index contributed by atoms with van der Waals surface area (Å²) in [6.07, 6.45) is -4.25. The molecule has 0 radical (unpaired) electrons. The number of rotatable bonds is 4. The van der Waals surface area contributed by atoms with Gasteiger partial charge in [-0.2, -0.15) is 13.2 Å². The zero-order valence-corrected chi connectivity index (χ0v) is 16.7. The van der Waals surface area contributed by atoms with Crippen LogP contribution >= 0.6 is 11.8 Å². The third kappa shape index (κ3) is 4.63. The molecule has 2 fully saturated rings. The third-order valence-corrected chi connectivity index (χ3v) is 6.56. The van der Waals surface area contributed by atoms with Crippen LogP contribution < -0.4 is 0 Å². The molecule has 0 aromatic heterocycles. The Balaban J connectivity index is 1.70. The van der Waals surface area contributed by atoms with Crippen LogP contribution in [-0.4, -0.2) is 71.5 Å². The average molecular weight is 415 g/mol. The Morgan fingerprint density at radius 1 is 1.21 bits per heavy atom. The molecule has 154 valence electrons. The standard InChI is InChI=1S/C19H24F3N3O2S/c1-13-17(27)25(7-6-16(26)24-10-8-23(2)9-11-24)18(28-13)14-4-3-5-15(12-14)19(20,21)22/h3-5,12-13,18H,6-11H2,1-2H3. The van der Waals surface area contributed by atoms with Crippen molar-refractivity contribution in [3.63, 3.8) is 0 Å². The van der Waals surface area contributed by atoms with Crippen molar-refractivity contribution in [2.75, 3.05) is 39.8 Å². The summed E-state index contributed by atoms with van der Waals surface area (Å²) < 4.78 is 39.2. The van der Waals surface area contributed by atoms with Gasteiger partial charge in [0.05, 0.1) is 10.8 Å². The molecule has 28 heavy (non-hydrogen) atoms. The Morgan fingerprint density at radius 3 is 2.54 bits per heavy atom. The number of alkyl halides is 3. The Bertz CT molecular complexity index is 735. The molecule has 0 bridgehead atoms. The molecule has 1 aromatic rings. The summed E-state index contributed by atoms with van der Waals surface area (Å²) in [7, 11) is 2.00. The van der Waals surface area contributed by atoms with Crippen molar-refractivity contribution >= 4 is 23.6 Å². The lowest BCUT2D eigenvalue weighted by Gasteiger charge is -2.33. The number of hydrogen-bond acceptors (Lipinski definition) is 4. The van der Waals surface area contributed by atoms with Crippen LogP contribution in [0.25, 0.3) is 0 Å². The first-order valence-corrected chi connectivity index (χ1v) is 10.2.